The van der Waals surface area contributed by atoms with Gasteiger partial charge < -0.3 is 4.90 Å². The molecule has 1 amide bonds. The largest absolute Gasteiger partial charge is 0.337 e. The fourth-order valence-corrected chi connectivity index (χ4v) is 6.44. The number of carbonyl (C=O) groups is 1. The first-order valence-corrected chi connectivity index (χ1v) is 11.4. The van der Waals surface area contributed by atoms with E-state index >= 15 is 0 Å². The summed E-state index contributed by atoms with van der Waals surface area (Å²) in [4.78, 5) is 15.3. The number of halogens is 1. The molecule has 142 valence electrons. The van der Waals surface area contributed by atoms with Gasteiger partial charge in [-0.1, -0.05) is 0 Å². The first-order chi connectivity index (χ1) is 12.2. The lowest BCUT2D eigenvalue weighted by atomic mass is 10.3. The molecule has 10 heteroatoms. The molecule has 1 aliphatic heterocycles. The summed E-state index contributed by atoms with van der Waals surface area (Å²) in [7, 11) is -1.89. The molecule has 2 aromatic heterocycles. The summed E-state index contributed by atoms with van der Waals surface area (Å²) in [5.41, 5.74) is 1.13. The van der Waals surface area contributed by atoms with Crippen LogP contribution in [0.25, 0.3) is 0 Å². The first-order valence-electron chi connectivity index (χ1n) is 8.25. The number of hydrogen-bond donors (Lipinski definition) is 0. The van der Waals surface area contributed by atoms with Crippen LogP contribution in [0.1, 0.15) is 27.5 Å². The Morgan fingerprint density at radius 1 is 1.23 bits per heavy atom. The Balaban J connectivity index is 1.79. The van der Waals surface area contributed by atoms with Crippen molar-refractivity contribution in [2.45, 2.75) is 25.2 Å². The molecule has 0 radical (unpaired) electrons. The summed E-state index contributed by atoms with van der Waals surface area (Å²) in [6.45, 7) is 5.08. The Labute approximate surface area is 165 Å². The average molecular weight is 461 g/mol. The second-order valence-corrected chi connectivity index (χ2v) is 10.0. The minimum absolute atomic E-state index is 0.0475. The van der Waals surface area contributed by atoms with Crippen LogP contribution in [-0.2, 0) is 17.1 Å². The molecule has 7 nitrogen and oxygen atoms in total. The number of aryl methyl sites for hydroxylation is 2. The maximum Gasteiger partial charge on any atom is 0.264 e. The molecule has 1 fully saturated rings. The number of thiophene rings is 1. The van der Waals surface area contributed by atoms with E-state index in [9.17, 15) is 13.2 Å². The summed E-state index contributed by atoms with van der Waals surface area (Å²) >= 11 is 4.75. The van der Waals surface area contributed by atoms with E-state index in [0.29, 0.717) is 42.3 Å². The molecule has 2 aromatic rings. The average Bonchev–Trinajstić information content (AvgIpc) is 2.99. The fourth-order valence-electron chi connectivity index (χ4n) is 3.17. The van der Waals surface area contributed by atoms with Gasteiger partial charge in [-0.05, 0) is 42.3 Å². The van der Waals surface area contributed by atoms with Crippen molar-refractivity contribution in [1.82, 2.24) is 19.0 Å². The second-order valence-electron chi connectivity index (χ2n) is 6.30. The number of aromatic nitrogens is 2. The lowest BCUT2D eigenvalue weighted by molar-refractivity contribution is 0.0769. The van der Waals surface area contributed by atoms with Crippen LogP contribution in [-0.4, -0.2) is 59.5 Å². The zero-order valence-corrected chi connectivity index (χ0v) is 18.1. The van der Waals surface area contributed by atoms with Crippen LogP contribution in [0.2, 0.25) is 0 Å². The maximum absolute atomic E-state index is 13.1. The molecule has 3 rings (SSSR count). The fraction of sp³-hybridized carbons (Fsp3) is 0.500. The summed E-state index contributed by atoms with van der Waals surface area (Å²) in [6, 6.07) is 1.80. The highest BCUT2D eigenvalue weighted by Gasteiger charge is 2.32. The molecule has 3 heterocycles. The van der Waals surface area contributed by atoms with Crippen LogP contribution in [0.3, 0.4) is 0 Å². The maximum atomic E-state index is 13.1. The molecule has 0 saturated carbocycles. The second kappa shape index (κ2) is 7.41. The summed E-state index contributed by atoms with van der Waals surface area (Å²) < 4.78 is 30.2. The number of carbonyl (C=O) groups excluding carboxylic acids is 1. The molecule has 0 unspecified atom stereocenters. The SMILES string of the molecule is Cc1nn(C)c(C)c1S(=O)(=O)N1CCCN(C(=O)c2cc(Br)cs2)CC1. The normalized spacial score (nSPS) is 16.7. The van der Waals surface area contributed by atoms with Gasteiger partial charge in [0.1, 0.15) is 4.90 Å². The molecule has 0 N–H and O–H groups in total. The predicted octanol–water partition coefficient (Wildman–Crippen LogP) is 2.40. The van der Waals surface area contributed by atoms with Crippen molar-refractivity contribution in [3.63, 3.8) is 0 Å². The molecule has 26 heavy (non-hydrogen) atoms. The van der Waals surface area contributed by atoms with Crippen LogP contribution < -0.4 is 0 Å². The number of amides is 1. The van der Waals surface area contributed by atoms with Crippen molar-refractivity contribution in [3.05, 3.63) is 32.2 Å². The first kappa shape index (κ1) is 19.5. The van der Waals surface area contributed by atoms with E-state index in [2.05, 4.69) is 21.0 Å². The van der Waals surface area contributed by atoms with Crippen molar-refractivity contribution in [1.29, 1.82) is 0 Å². The van der Waals surface area contributed by atoms with Gasteiger partial charge in [-0.2, -0.15) is 9.40 Å². The van der Waals surface area contributed by atoms with E-state index in [4.69, 9.17) is 0 Å². The summed E-state index contributed by atoms with van der Waals surface area (Å²) in [6.07, 6.45) is 0.607. The van der Waals surface area contributed by atoms with Crippen molar-refractivity contribution in [2.24, 2.45) is 7.05 Å². The van der Waals surface area contributed by atoms with E-state index in [0.717, 1.165) is 4.47 Å². The number of nitrogens with zero attached hydrogens (tertiary/aromatic N) is 4. The van der Waals surface area contributed by atoms with Crippen molar-refractivity contribution in [3.8, 4) is 0 Å². The Hall–Kier alpha value is -1.23. The third kappa shape index (κ3) is 3.60. The molecular formula is C16H21BrN4O3S2. The number of rotatable bonds is 3. The van der Waals surface area contributed by atoms with Crippen LogP contribution in [0.5, 0.6) is 0 Å². The smallest absolute Gasteiger partial charge is 0.264 e. The third-order valence-corrected chi connectivity index (χ3v) is 8.39. The van der Waals surface area contributed by atoms with E-state index < -0.39 is 10.0 Å². The van der Waals surface area contributed by atoms with Gasteiger partial charge in [0.25, 0.3) is 5.91 Å². The predicted molar refractivity (Wildman–Crippen MR) is 104 cm³/mol. The molecular weight excluding hydrogens is 440 g/mol. The molecule has 1 aliphatic rings. The van der Waals surface area contributed by atoms with Crippen LogP contribution in [0, 0.1) is 13.8 Å². The molecule has 0 aromatic carbocycles. The van der Waals surface area contributed by atoms with Crippen LogP contribution in [0.15, 0.2) is 20.8 Å². The zero-order chi connectivity index (χ0) is 19.1. The van der Waals surface area contributed by atoms with Gasteiger partial charge >= 0.3 is 0 Å². The van der Waals surface area contributed by atoms with Crippen LogP contribution >= 0.6 is 27.3 Å². The number of sulfonamides is 1. The quantitative estimate of drug-likeness (QED) is 0.704. The highest BCUT2D eigenvalue weighted by atomic mass is 79.9. The molecule has 0 spiro atoms. The lowest BCUT2D eigenvalue weighted by Gasteiger charge is -2.21. The minimum Gasteiger partial charge on any atom is -0.337 e. The van der Waals surface area contributed by atoms with Gasteiger partial charge in [-0.3, -0.25) is 9.48 Å². The minimum atomic E-state index is -3.63. The third-order valence-electron chi connectivity index (χ3n) is 4.56. The van der Waals surface area contributed by atoms with Crippen molar-refractivity contribution >= 4 is 43.2 Å². The molecule has 1 saturated heterocycles. The monoisotopic (exact) mass is 460 g/mol. The van der Waals surface area contributed by atoms with Gasteiger partial charge in [0, 0.05) is 43.1 Å². The molecule has 0 aliphatic carbocycles. The number of hydrogen-bond acceptors (Lipinski definition) is 5. The van der Waals surface area contributed by atoms with E-state index in [1.807, 2.05) is 5.38 Å². The molecule has 0 atom stereocenters. The van der Waals surface area contributed by atoms with Crippen molar-refractivity contribution < 1.29 is 13.2 Å². The zero-order valence-electron chi connectivity index (χ0n) is 14.9. The van der Waals surface area contributed by atoms with E-state index in [1.165, 1.54) is 15.6 Å². The van der Waals surface area contributed by atoms with E-state index in [1.54, 1.807) is 36.5 Å². The van der Waals surface area contributed by atoms with Gasteiger partial charge in [0.05, 0.1) is 16.3 Å². The van der Waals surface area contributed by atoms with Gasteiger partial charge in [-0.25, -0.2) is 8.42 Å². The summed E-state index contributed by atoms with van der Waals surface area (Å²) in [5.74, 6) is -0.0475. The highest BCUT2D eigenvalue weighted by molar-refractivity contribution is 9.10. The lowest BCUT2D eigenvalue weighted by Crippen LogP contribution is -2.37. The Bertz CT molecular complexity index is 935. The van der Waals surface area contributed by atoms with Crippen LogP contribution in [0.4, 0.5) is 0 Å². The molecule has 0 bridgehead atoms. The van der Waals surface area contributed by atoms with Crippen molar-refractivity contribution in [2.75, 3.05) is 26.2 Å². The topological polar surface area (TPSA) is 75.5 Å². The van der Waals surface area contributed by atoms with Gasteiger partial charge in [0.2, 0.25) is 10.0 Å². The summed E-state index contributed by atoms with van der Waals surface area (Å²) in [5, 5.41) is 6.09. The van der Waals surface area contributed by atoms with E-state index in [-0.39, 0.29) is 17.3 Å². The van der Waals surface area contributed by atoms with Gasteiger partial charge in [0.15, 0.2) is 0 Å². The Morgan fingerprint density at radius 3 is 2.54 bits per heavy atom. The Morgan fingerprint density at radius 2 is 1.96 bits per heavy atom. The highest BCUT2D eigenvalue weighted by Crippen LogP contribution is 2.25. The van der Waals surface area contributed by atoms with Gasteiger partial charge in [-0.15, -0.1) is 11.3 Å². The standard InChI is InChI=1S/C16H21BrN4O3S2/c1-11-15(12(2)19(3)18-11)26(23,24)21-6-4-5-20(7-8-21)16(22)14-9-13(17)10-25-14/h9-10H,4-8H2,1-3H3. The Kier molecular flexibility index (Phi) is 5.57.